The summed E-state index contributed by atoms with van der Waals surface area (Å²) in [6.07, 6.45) is 2.41. The molecule has 0 spiro atoms. The van der Waals surface area contributed by atoms with E-state index in [1.807, 2.05) is 24.3 Å². The number of imidazole rings is 1. The maximum absolute atomic E-state index is 9.43. The fraction of sp³-hybridized carbons (Fsp3) is 0.261. The number of aromatic nitrogens is 4. The highest BCUT2D eigenvalue weighted by molar-refractivity contribution is 5.84. The predicted octanol–water partition coefficient (Wildman–Crippen LogP) is 3.29. The molecule has 4 N–H and O–H groups in total. The van der Waals surface area contributed by atoms with Gasteiger partial charge in [-0.25, -0.2) is 4.98 Å². The quantitative estimate of drug-likeness (QED) is 0.353. The Morgan fingerprint density at radius 2 is 1.78 bits per heavy atom. The second kappa shape index (κ2) is 9.11. The molecule has 9 heteroatoms. The minimum Gasteiger partial charge on any atom is -0.508 e. The van der Waals surface area contributed by atoms with Crippen molar-refractivity contribution < 1.29 is 9.84 Å². The summed E-state index contributed by atoms with van der Waals surface area (Å²) in [5.74, 6) is 1.44. The number of nitrogens with zero attached hydrogens (tertiary/aromatic N) is 4. The molecule has 2 aromatic heterocycles. The van der Waals surface area contributed by atoms with Crippen molar-refractivity contribution in [3.8, 4) is 5.75 Å². The lowest BCUT2D eigenvalue weighted by Gasteiger charge is -2.28. The van der Waals surface area contributed by atoms with Crippen LogP contribution in [0.15, 0.2) is 54.9 Å². The summed E-state index contributed by atoms with van der Waals surface area (Å²) in [6, 6.07) is 15.5. The fourth-order valence-corrected chi connectivity index (χ4v) is 3.71. The van der Waals surface area contributed by atoms with Crippen LogP contribution in [-0.4, -0.2) is 57.9 Å². The molecule has 0 bridgehead atoms. The Bertz CT molecular complexity index is 1170. The van der Waals surface area contributed by atoms with E-state index in [0.717, 1.165) is 49.5 Å². The van der Waals surface area contributed by atoms with Crippen molar-refractivity contribution in [2.24, 2.45) is 0 Å². The lowest BCUT2D eigenvalue weighted by Crippen LogP contribution is -2.36. The molecule has 0 radical (unpaired) electrons. The van der Waals surface area contributed by atoms with E-state index in [1.165, 1.54) is 5.69 Å². The van der Waals surface area contributed by atoms with Gasteiger partial charge >= 0.3 is 0 Å². The monoisotopic (exact) mass is 431 g/mol. The lowest BCUT2D eigenvalue weighted by molar-refractivity contribution is 0.122. The Labute approximate surface area is 185 Å². The summed E-state index contributed by atoms with van der Waals surface area (Å²) in [7, 11) is 0. The van der Waals surface area contributed by atoms with E-state index in [9.17, 15) is 5.11 Å². The van der Waals surface area contributed by atoms with Gasteiger partial charge in [-0.1, -0.05) is 12.1 Å². The van der Waals surface area contributed by atoms with Crippen LogP contribution in [-0.2, 0) is 11.2 Å². The Kier molecular flexibility index (Phi) is 5.71. The van der Waals surface area contributed by atoms with Crippen LogP contribution >= 0.6 is 0 Å². The van der Waals surface area contributed by atoms with Gasteiger partial charge in [0, 0.05) is 31.0 Å². The molecule has 0 atom stereocenters. The summed E-state index contributed by atoms with van der Waals surface area (Å²) < 4.78 is 5.43. The van der Waals surface area contributed by atoms with E-state index in [1.54, 1.807) is 18.5 Å². The molecule has 0 unspecified atom stereocenters. The number of nitrogens with one attached hydrogen (secondary N) is 3. The van der Waals surface area contributed by atoms with Crippen molar-refractivity contribution in [3.63, 3.8) is 0 Å². The van der Waals surface area contributed by atoms with Crippen molar-refractivity contribution >= 4 is 34.3 Å². The second-order valence-corrected chi connectivity index (χ2v) is 7.61. The Morgan fingerprint density at radius 3 is 2.56 bits per heavy atom. The highest BCUT2D eigenvalue weighted by atomic mass is 16.5. The molecule has 9 nitrogen and oxygen atoms in total. The number of aromatic amines is 1. The molecule has 1 aliphatic rings. The standard InChI is InChI=1S/C23H25N7O2/c31-19-7-1-16(2-8-19)9-10-24-21-20-22(26-15-25-20)29-23(28-21)27-17-3-5-18(6-4-17)30-11-13-32-14-12-30/h1-8,15,31H,9-14H2,(H3,24,25,26,27,28,29). The van der Waals surface area contributed by atoms with Crippen LogP contribution in [0.5, 0.6) is 5.75 Å². The van der Waals surface area contributed by atoms with Gasteiger partial charge in [-0.15, -0.1) is 0 Å². The lowest BCUT2D eigenvalue weighted by atomic mass is 10.1. The third-order valence-corrected chi connectivity index (χ3v) is 5.43. The van der Waals surface area contributed by atoms with Crippen LogP contribution in [0.25, 0.3) is 11.2 Å². The Hall–Kier alpha value is -3.85. The highest BCUT2D eigenvalue weighted by Gasteiger charge is 2.12. The van der Waals surface area contributed by atoms with E-state index >= 15 is 0 Å². The zero-order valence-electron chi connectivity index (χ0n) is 17.6. The third kappa shape index (κ3) is 4.57. The fourth-order valence-electron chi connectivity index (χ4n) is 3.71. The molecule has 0 amide bonds. The zero-order chi connectivity index (χ0) is 21.8. The molecular formula is C23H25N7O2. The van der Waals surface area contributed by atoms with Crippen LogP contribution in [0.1, 0.15) is 5.56 Å². The van der Waals surface area contributed by atoms with Crippen LogP contribution in [0, 0.1) is 0 Å². The number of anilines is 4. The first-order valence-electron chi connectivity index (χ1n) is 10.7. The van der Waals surface area contributed by atoms with Crippen molar-refractivity contribution in [1.29, 1.82) is 0 Å². The number of phenols is 1. The van der Waals surface area contributed by atoms with Gasteiger partial charge in [0.15, 0.2) is 11.5 Å². The molecular weight excluding hydrogens is 406 g/mol. The van der Waals surface area contributed by atoms with Gasteiger partial charge < -0.3 is 30.4 Å². The molecule has 5 rings (SSSR count). The van der Waals surface area contributed by atoms with Crippen molar-refractivity contribution in [1.82, 2.24) is 19.9 Å². The number of hydrogen-bond donors (Lipinski definition) is 4. The summed E-state index contributed by atoms with van der Waals surface area (Å²) in [5.41, 5.74) is 4.58. The molecule has 2 aromatic carbocycles. The average Bonchev–Trinajstić information content (AvgIpc) is 3.30. The molecule has 0 aliphatic carbocycles. The van der Waals surface area contributed by atoms with E-state index < -0.39 is 0 Å². The smallest absolute Gasteiger partial charge is 0.231 e. The topological polar surface area (TPSA) is 111 Å². The number of benzene rings is 2. The van der Waals surface area contributed by atoms with Gasteiger partial charge in [-0.3, -0.25) is 0 Å². The largest absolute Gasteiger partial charge is 0.508 e. The van der Waals surface area contributed by atoms with Crippen molar-refractivity contribution in [3.05, 3.63) is 60.4 Å². The molecule has 1 aliphatic heterocycles. The molecule has 1 fully saturated rings. The molecule has 32 heavy (non-hydrogen) atoms. The van der Waals surface area contributed by atoms with Gasteiger partial charge in [0.2, 0.25) is 5.95 Å². The summed E-state index contributed by atoms with van der Waals surface area (Å²) in [4.78, 5) is 18.9. The van der Waals surface area contributed by atoms with E-state index in [-0.39, 0.29) is 5.75 Å². The summed E-state index contributed by atoms with van der Waals surface area (Å²) in [5, 5.41) is 16.1. The van der Waals surface area contributed by atoms with Gasteiger partial charge in [0.25, 0.3) is 0 Å². The summed E-state index contributed by atoms with van der Waals surface area (Å²) in [6.45, 7) is 4.03. The summed E-state index contributed by atoms with van der Waals surface area (Å²) >= 11 is 0. The minimum absolute atomic E-state index is 0.269. The molecule has 4 aromatic rings. The van der Waals surface area contributed by atoms with Gasteiger partial charge in [0.1, 0.15) is 11.3 Å². The van der Waals surface area contributed by atoms with E-state index in [0.29, 0.717) is 24.0 Å². The number of phenolic OH excluding ortho intramolecular Hbond substituents is 1. The third-order valence-electron chi connectivity index (χ3n) is 5.43. The number of aromatic hydroxyl groups is 1. The first-order valence-corrected chi connectivity index (χ1v) is 10.7. The first-order chi connectivity index (χ1) is 15.7. The number of rotatable bonds is 7. The highest BCUT2D eigenvalue weighted by Crippen LogP contribution is 2.23. The van der Waals surface area contributed by atoms with Gasteiger partial charge in [-0.2, -0.15) is 9.97 Å². The van der Waals surface area contributed by atoms with Crippen molar-refractivity contribution in [2.45, 2.75) is 6.42 Å². The van der Waals surface area contributed by atoms with E-state index in [2.05, 4.69) is 47.6 Å². The molecule has 164 valence electrons. The van der Waals surface area contributed by atoms with E-state index in [4.69, 9.17) is 4.74 Å². The minimum atomic E-state index is 0.269. The van der Waals surface area contributed by atoms with Crippen LogP contribution < -0.4 is 15.5 Å². The predicted molar refractivity (Wildman–Crippen MR) is 125 cm³/mol. The average molecular weight is 432 g/mol. The number of ether oxygens (including phenoxy) is 1. The number of morpholine rings is 1. The normalized spacial score (nSPS) is 13.9. The number of fused-ring (bicyclic) bond motifs is 1. The number of hydrogen-bond acceptors (Lipinski definition) is 8. The Balaban J connectivity index is 1.28. The van der Waals surface area contributed by atoms with Crippen LogP contribution in [0.2, 0.25) is 0 Å². The molecule has 0 saturated carbocycles. The first kappa shape index (κ1) is 20.1. The molecule has 1 saturated heterocycles. The SMILES string of the molecule is Oc1ccc(CCNc2nc(Nc3ccc(N4CCOCC4)cc3)nc3nc[nH]c23)cc1. The molecule has 3 heterocycles. The zero-order valence-corrected chi connectivity index (χ0v) is 17.6. The maximum atomic E-state index is 9.43. The Morgan fingerprint density at radius 1 is 1.00 bits per heavy atom. The number of H-pyrrole nitrogens is 1. The van der Waals surface area contributed by atoms with Crippen LogP contribution in [0.3, 0.4) is 0 Å². The maximum Gasteiger partial charge on any atom is 0.231 e. The van der Waals surface area contributed by atoms with Crippen molar-refractivity contribution in [2.75, 3.05) is 48.4 Å². The van der Waals surface area contributed by atoms with Crippen LogP contribution in [0.4, 0.5) is 23.1 Å². The second-order valence-electron chi connectivity index (χ2n) is 7.61. The van der Waals surface area contributed by atoms with Gasteiger partial charge in [0.05, 0.1) is 19.5 Å². The van der Waals surface area contributed by atoms with Gasteiger partial charge in [-0.05, 0) is 48.4 Å².